The number of para-hydroxylation sites is 1. The van der Waals surface area contributed by atoms with E-state index in [2.05, 4.69) is 104 Å². The number of aromatic nitrogens is 3. The Balaban J connectivity index is 1.30. The lowest BCUT2D eigenvalue weighted by Crippen LogP contribution is -2.63. The zero-order valence-corrected chi connectivity index (χ0v) is 62.0. The molecule has 0 aliphatic heterocycles. The monoisotopic (exact) mass is 1550 g/mol. The first-order valence-electron chi connectivity index (χ1n) is 35.4. The Morgan fingerprint density at radius 3 is 1.34 bits per heavy atom. The predicted molar refractivity (Wildman–Crippen MR) is 408 cm³/mol. The fraction of sp³-hybridized carbons (Fsp3) is 0.425. The van der Waals surface area contributed by atoms with Crippen LogP contribution in [0.25, 0.3) is 10.9 Å². The number of amides is 11. The van der Waals surface area contributed by atoms with E-state index in [9.17, 15) is 63.6 Å². The van der Waals surface area contributed by atoms with E-state index in [-0.39, 0.29) is 94.8 Å². The second-order valence-corrected chi connectivity index (χ2v) is 26.7. The lowest BCUT2D eigenvalue weighted by molar-refractivity contribution is -0.142. The fourth-order valence-electron chi connectivity index (χ4n) is 11.5. The third kappa shape index (κ3) is 28.6. The number of aliphatic hydroxyl groups is 3. The minimum Gasteiger partial charge on any atom is -0.480 e. The van der Waals surface area contributed by atoms with Gasteiger partial charge in [-0.15, -0.1) is 0 Å². The van der Waals surface area contributed by atoms with Crippen molar-refractivity contribution in [2.75, 3.05) is 31.2 Å². The van der Waals surface area contributed by atoms with E-state index in [0.717, 1.165) is 13.8 Å². The predicted octanol–water partition coefficient (Wildman–Crippen LogP) is -2.78. The van der Waals surface area contributed by atoms with Gasteiger partial charge in [0, 0.05) is 74.1 Å². The molecular weight excluding hydrogens is 1450 g/mol. The number of nitrogens with one attached hydrogen (secondary N) is 15. The Morgan fingerprint density at radius 2 is 0.890 bits per heavy atom. The summed E-state index contributed by atoms with van der Waals surface area (Å²) in [6, 6.07) is 15.0. The van der Waals surface area contributed by atoms with Crippen molar-refractivity contribution >= 4 is 113 Å². The average molecular weight is 1550 g/mol. The summed E-state index contributed by atoms with van der Waals surface area (Å²) in [5.74, 6) is -12.4. The number of carboxylic acids is 1. The van der Waals surface area contributed by atoms with Crippen molar-refractivity contribution in [1.82, 2.24) is 78.8 Å². The fourth-order valence-corrected chi connectivity index (χ4v) is 12.0. The molecule has 0 saturated carbocycles. The molecule has 34 nitrogen and oxygen atoms in total. The summed E-state index contributed by atoms with van der Waals surface area (Å²) in [7, 11) is 0. The highest BCUT2D eigenvalue weighted by Gasteiger charge is 2.39. The molecule has 0 aliphatic carbocycles. The maximum atomic E-state index is 15.4. The summed E-state index contributed by atoms with van der Waals surface area (Å²) in [5, 5.41) is 80.6. The number of nitrogens with zero attached hydrogens (tertiary/aromatic N) is 1. The number of carbonyl (C=O) groups excluding carboxylic acids is 11. The van der Waals surface area contributed by atoms with Gasteiger partial charge in [0.1, 0.15) is 66.5 Å². The molecule has 36 heteroatoms. The molecule has 4 aromatic carbocycles. The molecule has 2 aromatic heterocycles. The Morgan fingerprint density at radius 1 is 0.486 bits per heavy atom. The second-order valence-electron chi connectivity index (χ2n) is 25.9. The molecule has 0 spiro atoms. The highest BCUT2D eigenvalue weighted by atomic mass is 32.1. The zero-order valence-electron chi connectivity index (χ0n) is 60.2. The van der Waals surface area contributed by atoms with E-state index < -0.39 is 156 Å². The van der Waals surface area contributed by atoms with Crippen LogP contribution in [-0.4, -0.2) is 222 Å². The molecule has 6 aromatic rings. The lowest BCUT2D eigenvalue weighted by Gasteiger charge is -2.29. The summed E-state index contributed by atoms with van der Waals surface area (Å²) in [6.07, 6.45) is 0.675. The van der Waals surface area contributed by atoms with Crippen LogP contribution in [0.2, 0.25) is 0 Å². The molecular formula is C73H98N18O16S2. The third-order valence-electron chi connectivity index (χ3n) is 17.4. The Kier molecular flexibility index (Phi) is 35.9. The molecule has 0 bridgehead atoms. The summed E-state index contributed by atoms with van der Waals surface area (Å²) in [5.41, 5.74) is 14.5. The molecule has 23 N–H and O–H groups in total. The standard InChI is InChI=1S/C73H98N18O16S2/c1-41(93)60(70(104)87-54(33-45-21-10-5-11-22-45)68(102)91-61(42(2)94)71(105)88-57(38-92)69(103)89-58(39-109)72(106)107)90-63(97)51(25-14-15-28-74)82-66(100)55(34-46-36-79-49-24-13-12-23-48(46)49)85-65(99)53(32-44-19-8-4-9-20-44)83-64(98)52(31-43-17-6-3-7-18-43)84-67(101)56(35-47-37-77-40-80-47)86-62(96)50(81-59(95)27-30-108)26-16-29-78-73(75)76/h3-13,17-24,36-37,40-42,50-58,60-61,79,92-94,108-109H,14-16,25-35,38-39,74H2,1-2H3,(H,77,80)(H,81,95)(H,82,100)(H,83,98)(H,84,101)(H,85,99)(H,86,96)(H,87,104)(H,88,105)(H,89,103)(H,90,97)(H,91,102)(H,106,107)(H4,75,76,78)/t41?,42?,50-,51-,52-,53-,54-,55+,56-,57-,58-,60-,61-/m0/s1. The summed E-state index contributed by atoms with van der Waals surface area (Å²) >= 11 is 8.05. The van der Waals surface area contributed by atoms with Crippen molar-refractivity contribution in [3.05, 3.63) is 162 Å². The minimum atomic E-state index is -1.88. The maximum Gasteiger partial charge on any atom is 0.327 e. The van der Waals surface area contributed by atoms with Crippen molar-refractivity contribution in [1.29, 1.82) is 5.41 Å². The molecule has 0 fully saturated rings. The first-order valence-corrected chi connectivity index (χ1v) is 36.7. The van der Waals surface area contributed by atoms with Crippen molar-refractivity contribution < 1.29 is 78.0 Å². The highest BCUT2D eigenvalue weighted by Crippen LogP contribution is 2.21. The number of nitrogens with two attached hydrogens (primary N) is 2. The Labute approximate surface area is 639 Å². The van der Waals surface area contributed by atoms with E-state index in [0.29, 0.717) is 45.3 Å². The van der Waals surface area contributed by atoms with Crippen molar-refractivity contribution in [3.63, 3.8) is 0 Å². The minimum absolute atomic E-state index is 0.0336. The molecule has 0 radical (unpaired) electrons. The van der Waals surface area contributed by atoms with Crippen LogP contribution in [0.4, 0.5) is 0 Å². The number of imidazole rings is 1. The molecule has 0 aliphatic rings. The third-order valence-corrected chi connectivity index (χ3v) is 18.0. The molecule has 13 atom stereocenters. The van der Waals surface area contributed by atoms with E-state index in [1.165, 1.54) is 12.5 Å². The number of hydrogen-bond acceptors (Lipinski definition) is 20. The highest BCUT2D eigenvalue weighted by molar-refractivity contribution is 7.80. The van der Waals surface area contributed by atoms with Gasteiger partial charge in [0.05, 0.1) is 30.8 Å². The van der Waals surface area contributed by atoms with Gasteiger partial charge in [-0.2, -0.15) is 25.3 Å². The topological polar surface area (TPSA) is 550 Å². The van der Waals surface area contributed by atoms with Crippen LogP contribution in [0.5, 0.6) is 0 Å². The lowest BCUT2D eigenvalue weighted by atomic mass is 10.00. The van der Waals surface area contributed by atoms with Gasteiger partial charge in [0.15, 0.2) is 5.96 Å². The number of H-pyrrole nitrogens is 2. The van der Waals surface area contributed by atoms with E-state index >= 15 is 14.4 Å². The van der Waals surface area contributed by atoms with Crippen molar-refractivity contribution in [2.24, 2.45) is 11.5 Å². The van der Waals surface area contributed by atoms with Crippen LogP contribution < -0.4 is 75.3 Å². The number of aliphatic hydroxyl groups excluding tert-OH is 3. The first kappa shape index (κ1) is 87.0. The number of thiol groups is 2. The Hall–Kier alpha value is -10.9. The van der Waals surface area contributed by atoms with Crippen LogP contribution in [0.15, 0.2) is 134 Å². The normalized spacial score (nSPS) is 14.7. The number of benzene rings is 4. The number of aliphatic carboxylic acids is 1. The largest absolute Gasteiger partial charge is 0.480 e. The molecule has 0 saturated heterocycles. The van der Waals surface area contributed by atoms with Crippen molar-refractivity contribution in [2.45, 2.75) is 163 Å². The SMILES string of the molecule is CC(O)[C@H](NC(=O)[C@H](Cc1ccccc1)NC(=O)[C@@H](NC(=O)[C@H](CCCCN)NC(=O)[C@@H](Cc1c[nH]c2ccccc12)NC(=O)[C@H](Cc1ccccc1)NC(=O)[C@H](Cc1ccccc1)NC(=O)[C@H](Cc1c[nH]cn1)NC(=O)[C@H](CCCNC(=N)N)NC(=O)CCS)C(C)O)C(=O)N[C@@H](CO)C(=O)N[C@@H](CS)C(=O)O. The summed E-state index contributed by atoms with van der Waals surface area (Å²) in [6.45, 7) is 1.56. The number of fused-ring (bicyclic) bond motifs is 1. The van der Waals surface area contributed by atoms with Gasteiger partial charge in [-0.25, -0.2) is 9.78 Å². The van der Waals surface area contributed by atoms with E-state index in [4.69, 9.17) is 16.9 Å². The first-order chi connectivity index (χ1) is 52.2. The molecule has 11 amide bonds. The van der Waals surface area contributed by atoms with Gasteiger partial charge in [-0.3, -0.25) is 58.1 Å². The van der Waals surface area contributed by atoms with E-state index in [1.54, 1.807) is 121 Å². The number of carbonyl (C=O) groups is 12. The van der Waals surface area contributed by atoms with Crippen LogP contribution in [0, 0.1) is 5.41 Å². The van der Waals surface area contributed by atoms with Crippen LogP contribution in [0.1, 0.15) is 80.3 Å². The molecule has 6 rings (SSSR count). The number of carboxylic acid groups (broad SMARTS) is 1. The average Bonchev–Trinajstić information content (AvgIpc) is 1.81. The molecule has 588 valence electrons. The van der Waals surface area contributed by atoms with Crippen LogP contribution >= 0.6 is 25.3 Å². The van der Waals surface area contributed by atoms with Gasteiger partial charge < -0.3 is 106 Å². The number of guanidine groups is 1. The van der Waals surface area contributed by atoms with Gasteiger partial charge in [-0.1, -0.05) is 109 Å². The van der Waals surface area contributed by atoms with Gasteiger partial charge in [0.25, 0.3) is 0 Å². The maximum absolute atomic E-state index is 15.4. The quantitative estimate of drug-likeness (QED) is 0.00795. The smallest absolute Gasteiger partial charge is 0.327 e. The van der Waals surface area contributed by atoms with Crippen LogP contribution in [-0.2, 0) is 89.6 Å². The van der Waals surface area contributed by atoms with Gasteiger partial charge in [0.2, 0.25) is 65.0 Å². The van der Waals surface area contributed by atoms with E-state index in [1.807, 2.05) is 0 Å². The van der Waals surface area contributed by atoms with Crippen molar-refractivity contribution in [3.8, 4) is 0 Å². The van der Waals surface area contributed by atoms with Crippen LogP contribution in [0.3, 0.4) is 0 Å². The summed E-state index contributed by atoms with van der Waals surface area (Å²) < 4.78 is 0. The van der Waals surface area contributed by atoms with Gasteiger partial charge >= 0.3 is 5.97 Å². The number of unbranched alkanes of at least 4 members (excludes halogenated alkanes) is 1. The number of hydrogen-bond donors (Lipinski definition) is 23. The molecule has 2 heterocycles. The zero-order chi connectivity index (χ0) is 79.5. The molecule has 109 heavy (non-hydrogen) atoms. The molecule has 2 unspecified atom stereocenters. The second kappa shape index (κ2) is 45.0. The summed E-state index contributed by atoms with van der Waals surface area (Å²) in [4.78, 5) is 180. The number of aromatic amines is 2. The van der Waals surface area contributed by atoms with Gasteiger partial charge in [-0.05, 0) is 86.6 Å². The number of rotatable bonds is 46. The Bertz CT molecular complexity index is 3990.